The maximum absolute atomic E-state index is 12.7. The summed E-state index contributed by atoms with van der Waals surface area (Å²) in [5, 5.41) is 0. The molecule has 1 unspecified atom stereocenters. The van der Waals surface area contributed by atoms with Crippen LogP contribution < -0.4 is 0 Å². The lowest BCUT2D eigenvalue weighted by Crippen LogP contribution is -2.47. The number of amides is 2. The van der Waals surface area contributed by atoms with E-state index in [1.54, 1.807) is 13.8 Å². The van der Waals surface area contributed by atoms with Crippen molar-refractivity contribution in [3.63, 3.8) is 0 Å². The van der Waals surface area contributed by atoms with Crippen molar-refractivity contribution in [1.82, 2.24) is 4.90 Å². The van der Waals surface area contributed by atoms with Crippen LogP contribution in [0.1, 0.15) is 71.3 Å². The number of carbonyl (C=O) groups is 4. The molecule has 0 saturated heterocycles. The average molecular weight is 427 g/mol. The number of aliphatic imine (C=N–C) groups is 1. The van der Waals surface area contributed by atoms with Gasteiger partial charge in [0.05, 0.1) is 6.21 Å². The van der Waals surface area contributed by atoms with Crippen LogP contribution in [0.2, 0.25) is 0 Å². The van der Waals surface area contributed by atoms with Crippen molar-refractivity contribution in [2.45, 2.75) is 78.2 Å². The molecule has 0 aliphatic carbocycles. The van der Waals surface area contributed by atoms with Gasteiger partial charge in [-0.15, -0.1) is 0 Å². The topological polar surface area (TPSA) is 83.9 Å². The van der Waals surface area contributed by atoms with Crippen LogP contribution in [-0.2, 0) is 25.6 Å². The Labute approximate surface area is 185 Å². The molecule has 2 amide bonds. The fourth-order valence-electron chi connectivity index (χ4n) is 3.51. The fourth-order valence-corrected chi connectivity index (χ4v) is 3.51. The zero-order chi connectivity index (χ0) is 22.9. The number of ketones is 2. The summed E-state index contributed by atoms with van der Waals surface area (Å²) < 4.78 is 0. The number of hydrogen-bond donors (Lipinski definition) is 0. The number of unbranched alkanes of at least 4 members (excludes halogenated alkanes) is 2. The van der Waals surface area contributed by atoms with Crippen LogP contribution >= 0.6 is 0 Å². The number of carbonyl (C=O) groups excluding carboxylic acids is 4. The van der Waals surface area contributed by atoms with Gasteiger partial charge in [0.1, 0.15) is 6.04 Å². The largest absolute Gasteiger partial charge is 0.291 e. The Morgan fingerprint density at radius 1 is 1.03 bits per heavy atom. The first-order chi connectivity index (χ1) is 14.8. The third-order valence-electron chi connectivity index (χ3n) is 6.01. The normalized spacial score (nSPS) is 16.6. The Balaban J connectivity index is 1.74. The van der Waals surface area contributed by atoms with Gasteiger partial charge in [0.15, 0.2) is 5.78 Å². The van der Waals surface area contributed by atoms with Gasteiger partial charge in [0.25, 0.3) is 11.8 Å². The van der Waals surface area contributed by atoms with E-state index in [-0.39, 0.29) is 29.8 Å². The third-order valence-corrected chi connectivity index (χ3v) is 6.01. The van der Waals surface area contributed by atoms with E-state index in [2.05, 4.69) is 17.1 Å². The van der Waals surface area contributed by atoms with Crippen LogP contribution in [-0.4, -0.2) is 47.1 Å². The van der Waals surface area contributed by atoms with Crippen molar-refractivity contribution < 1.29 is 19.2 Å². The molecule has 0 bridgehead atoms. The summed E-state index contributed by atoms with van der Waals surface area (Å²) in [6, 6.07) is 9.55. The Morgan fingerprint density at radius 2 is 1.74 bits per heavy atom. The summed E-state index contributed by atoms with van der Waals surface area (Å²) in [4.78, 5) is 54.5. The van der Waals surface area contributed by atoms with Gasteiger partial charge in [-0.3, -0.25) is 29.1 Å². The lowest BCUT2D eigenvalue weighted by atomic mass is 9.82. The van der Waals surface area contributed by atoms with Crippen molar-refractivity contribution in [3.8, 4) is 0 Å². The predicted octanol–water partition coefficient (Wildman–Crippen LogP) is 3.95. The van der Waals surface area contributed by atoms with E-state index in [1.165, 1.54) is 16.7 Å². The summed E-state index contributed by atoms with van der Waals surface area (Å²) in [6.45, 7) is 5.86. The fraction of sp³-hybridized carbons (Fsp3) is 0.560. The van der Waals surface area contributed by atoms with Gasteiger partial charge in [-0.2, -0.15) is 0 Å². The highest BCUT2D eigenvalue weighted by molar-refractivity contribution is 6.39. The molecule has 1 heterocycles. The zero-order valence-electron chi connectivity index (χ0n) is 18.9. The summed E-state index contributed by atoms with van der Waals surface area (Å²) >= 11 is 0. The van der Waals surface area contributed by atoms with Gasteiger partial charge < -0.3 is 0 Å². The molecule has 1 atom stereocenters. The predicted molar refractivity (Wildman–Crippen MR) is 121 cm³/mol. The first kappa shape index (κ1) is 24.6. The molecule has 2 rings (SSSR count). The molecule has 0 radical (unpaired) electrons. The van der Waals surface area contributed by atoms with E-state index in [0.29, 0.717) is 32.2 Å². The zero-order valence-corrected chi connectivity index (χ0v) is 18.9. The van der Waals surface area contributed by atoms with E-state index >= 15 is 0 Å². The van der Waals surface area contributed by atoms with E-state index in [4.69, 9.17) is 0 Å². The van der Waals surface area contributed by atoms with Gasteiger partial charge in [-0.05, 0) is 44.1 Å². The van der Waals surface area contributed by atoms with Crippen LogP contribution in [0.3, 0.4) is 0 Å². The highest BCUT2D eigenvalue weighted by Gasteiger charge is 2.32. The van der Waals surface area contributed by atoms with E-state index in [1.807, 2.05) is 25.1 Å². The van der Waals surface area contributed by atoms with E-state index in [9.17, 15) is 19.2 Å². The summed E-state index contributed by atoms with van der Waals surface area (Å²) in [7, 11) is 0. The van der Waals surface area contributed by atoms with Crippen molar-refractivity contribution >= 4 is 29.6 Å². The molecule has 0 fully saturated rings. The first-order valence-electron chi connectivity index (χ1n) is 11.3. The molecule has 0 N–H and O–H groups in total. The maximum atomic E-state index is 12.7. The van der Waals surface area contributed by atoms with Crippen LogP contribution in [0.25, 0.3) is 0 Å². The minimum absolute atomic E-state index is 0.190. The molecule has 6 heteroatoms. The number of nitrogens with zero attached hydrogens (tertiary/aromatic N) is 2. The second-order valence-corrected chi connectivity index (χ2v) is 8.80. The Bertz CT molecular complexity index is 814. The van der Waals surface area contributed by atoms with Gasteiger partial charge in [0, 0.05) is 18.4 Å². The van der Waals surface area contributed by atoms with Gasteiger partial charge in [0.2, 0.25) is 5.78 Å². The molecule has 0 saturated carbocycles. The van der Waals surface area contributed by atoms with Crippen LogP contribution in [0, 0.1) is 5.41 Å². The summed E-state index contributed by atoms with van der Waals surface area (Å²) in [5.74, 6) is -1.29. The van der Waals surface area contributed by atoms with Gasteiger partial charge >= 0.3 is 0 Å². The molecule has 0 aromatic heterocycles. The number of hydrogen-bond acceptors (Lipinski definition) is 5. The highest BCUT2D eigenvalue weighted by atomic mass is 16.2. The minimum Gasteiger partial charge on any atom is -0.291 e. The lowest BCUT2D eigenvalue weighted by molar-refractivity contribution is -0.143. The second kappa shape index (κ2) is 11.7. The quantitative estimate of drug-likeness (QED) is 0.272. The first-order valence-corrected chi connectivity index (χ1v) is 11.3. The second-order valence-electron chi connectivity index (χ2n) is 8.80. The summed E-state index contributed by atoms with van der Waals surface area (Å²) in [6.07, 6.45) is 6.22. The molecule has 6 nitrogen and oxygen atoms in total. The number of imide groups is 1. The van der Waals surface area contributed by atoms with Crippen LogP contribution in [0.4, 0.5) is 0 Å². The molecule has 1 aliphatic heterocycles. The number of benzene rings is 1. The molecule has 1 aliphatic rings. The maximum Gasteiger partial charge on any atom is 0.271 e. The monoisotopic (exact) mass is 426 g/mol. The molecular formula is C25H34N2O4. The van der Waals surface area contributed by atoms with Crippen LogP contribution in [0.15, 0.2) is 35.3 Å². The molecular weight excluding hydrogens is 392 g/mol. The number of rotatable bonds is 13. The Kier molecular flexibility index (Phi) is 9.28. The Hall–Kier alpha value is -2.63. The van der Waals surface area contributed by atoms with Crippen LogP contribution in [0.5, 0.6) is 0 Å². The molecule has 1 aromatic carbocycles. The Morgan fingerprint density at radius 3 is 2.42 bits per heavy atom. The SMILES string of the molecule is CCC(C)(C)C(=O)C(=O)CCCCC1N=CC(=O)N(CCCCc2ccccc2)C1=O. The third kappa shape index (κ3) is 7.23. The van der Waals surface area contributed by atoms with Crippen molar-refractivity contribution in [2.75, 3.05) is 6.54 Å². The van der Waals surface area contributed by atoms with E-state index < -0.39 is 11.5 Å². The minimum atomic E-state index is -0.623. The van der Waals surface area contributed by atoms with Crippen molar-refractivity contribution in [3.05, 3.63) is 35.9 Å². The standard InChI is InChI=1S/C25H34N2O4/c1-4-25(2,3)23(30)21(28)16-9-8-15-20-24(31)27(22(29)18-26-20)17-11-10-14-19-12-6-5-7-13-19/h5-7,12-13,18,20H,4,8-11,14-17H2,1-3H3. The smallest absolute Gasteiger partial charge is 0.271 e. The number of Topliss-reactive ketones (excluding diaryl/α,β-unsaturated/α-hetero) is 2. The average Bonchev–Trinajstić information content (AvgIpc) is 2.77. The van der Waals surface area contributed by atoms with Gasteiger partial charge in [-0.25, -0.2) is 0 Å². The molecule has 168 valence electrons. The molecule has 31 heavy (non-hydrogen) atoms. The highest BCUT2D eigenvalue weighted by Crippen LogP contribution is 2.23. The molecule has 0 spiro atoms. The van der Waals surface area contributed by atoms with Crippen molar-refractivity contribution in [2.24, 2.45) is 10.4 Å². The summed E-state index contributed by atoms with van der Waals surface area (Å²) in [5.41, 5.74) is 0.621. The molecule has 1 aromatic rings. The van der Waals surface area contributed by atoms with Gasteiger partial charge in [-0.1, -0.05) is 57.5 Å². The lowest BCUT2D eigenvalue weighted by Gasteiger charge is -2.26. The number of aryl methyl sites for hydroxylation is 1. The van der Waals surface area contributed by atoms with E-state index in [0.717, 1.165) is 19.3 Å². The van der Waals surface area contributed by atoms with Crippen molar-refractivity contribution in [1.29, 1.82) is 0 Å².